The minimum Gasteiger partial charge on any atom is -0.375 e. The van der Waals surface area contributed by atoms with Crippen molar-refractivity contribution >= 4 is 11.9 Å². The zero-order valence-corrected chi connectivity index (χ0v) is 12.5. The van der Waals surface area contributed by atoms with E-state index < -0.39 is 0 Å². The van der Waals surface area contributed by atoms with Crippen LogP contribution in [0.2, 0.25) is 0 Å². The van der Waals surface area contributed by atoms with Gasteiger partial charge in [0.05, 0.1) is 0 Å². The lowest BCUT2D eigenvalue weighted by molar-refractivity contribution is -0.136. The molecule has 0 radical (unpaired) electrons. The third-order valence-electron chi connectivity index (χ3n) is 4.70. The first-order chi connectivity index (χ1) is 10.2. The molecule has 2 saturated heterocycles. The number of carbonyl (C=O) groups is 1. The molecule has 2 aliphatic rings. The number of aromatic nitrogens is 2. The number of nitrogens with zero attached hydrogens (tertiary/aromatic N) is 4. The Morgan fingerprint density at radius 2 is 1.95 bits per heavy atom. The molecule has 1 aromatic heterocycles. The van der Waals surface area contributed by atoms with Gasteiger partial charge in [-0.1, -0.05) is 0 Å². The van der Waals surface area contributed by atoms with Gasteiger partial charge in [0, 0.05) is 44.7 Å². The fourth-order valence-corrected chi connectivity index (χ4v) is 3.59. The lowest BCUT2D eigenvalue weighted by atomic mass is 9.85. The number of likely N-dealkylation sites (tertiary alicyclic amines) is 1. The van der Waals surface area contributed by atoms with E-state index in [9.17, 15) is 4.79 Å². The van der Waals surface area contributed by atoms with Crippen molar-refractivity contribution in [3.8, 4) is 0 Å². The lowest BCUT2D eigenvalue weighted by Crippen LogP contribution is -2.54. The summed E-state index contributed by atoms with van der Waals surface area (Å²) in [4.78, 5) is 25.0. The van der Waals surface area contributed by atoms with Crippen LogP contribution in [0.1, 0.15) is 25.7 Å². The van der Waals surface area contributed by atoms with Gasteiger partial charge in [0.1, 0.15) is 6.61 Å². The van der Waals surface area contributed by atoms with Crippen molar-refractivity contribution in [2.75, 3.05) is 38.3 Å². The topological polar surface area (TPSA) is 58.6 Å². The van der Waals surface area contributed by atoms with E-state index in [4.69, 9.17) is 4.74 Å². The Hall–Kier alpha value is -1.69. The summed E-state index contributed by atoms with van der Waals surface area (Å²) in [6, 6.07) is 1.85. The van der Waals surface area contributed by atoms with Crippen molar-refractivity contribution in [1.29, 1.82) is 0 Å². The highest BCUT2D eigenvalue weighted by atomic mass is 16.5. The van der Waals surface area contributed by atoms with E-state index in [0.717, 1.165) is 44.8 Å². The van der Waals surface area contributed by atoms with Crippen LogP contribution in [0.4, 0.5) is 5.95 Å². The Labute approximate surface area is 125 Å². The Morgan fingerprint density at radius 1 is 1.24 bits per heavy atom. The van der Waals surface area contributed by atoms with E-state index in [2.05, 4.69) is 14.9 Å². The van der Waals surface area contributed by atoms with E-state index in [-0.39, 0.29) is 18.1 Å². The molecule has 0 saturated carbocycles. The van der Waals surface area contributed by atoms with Gasteiger partial charge in [-0.2, -0.15) is 0 Å². The molecule has 0 atom stereocenters. The fourth-order valence-electron chi connectivity index (χ4n) is 3.59. The lowest BCUT2D eigenvalue weighted by Gasteiger charge is -2.45. The van der Waals surface area contributed by atoms with Gasteiger partial charge >= 0.3 is 0 Å². The van der Waals surface area contributed by atoms with Crippen molar-refractivity contribution in [2.24, 2.45) is 0 Å². The number of anilines is 1. The summed E-state index contributed by atoms with van der Waals surface area (Å²) in [6.45, 7) is 2.78. The van der Waals surface area contributed by atoms with Crippen molar-refractivity contribution in [2.45, 2.75) is 31.2 Å². The maximum absolute atomic E-state index is 11.9. The van der Waals surface area contributed by atoms with E-state index in [1.165, 1.54) is 6.42 Å². The molecule has 114 valence electrons. The molecule has 0 unspecified atom stereocenters. The molecule has 21 heavy (non-hydrogen) atoms. The zero-order valence-electron chi connectivity index (χ0n) is 12.5. The minimum absolute atomic E-state index is 0.0906. The van der Waals surface area contributed by atoms with Gasteiger partial charge in [-0.15, -0.1) is 0 Å². The minimum atomic E-state index is 0.0906. The van der Waals surface area contributed by atoms with Gasteiger partial charge in [-0.05, 0) is 31.7 Å². The average molecular weight is 290 g/mol. The molecule has 0 N–H and O–H groups in total. The third-order valence-corrected chi connectivity index (χ3v) is 4.70. The predicted octanol–water partition coefficient (Wildman–Crippen LogP) is 1.08. The zero-order chi connectivity index (χ0) is 14.7. The van der Waals surface area contributed by atoms with Crippen LogP contribution in [-0.2, 0) is 9.53 Å². The summed E-state index contributed by atoms with van der Waals surface area (Å²) in [5, 5.41) is 0. The number of carbonyl (C=O) groups excluding carboxylic acids is 1. The van der Waals surface area contributed by atoms with Gasteiger partial charge in [-0.25, -0.2) is 9.97 Å². The largest absolute Gasteiger partial charge is 0.375 e. The summed E-state index contributed by atoms with van der Waals surface area (Å²) in [5.74, 6) is 0.916. The Kier molecular flexibility index (Phi) is 4.05. The number of amides is 1. The standard InChI is InChI=1S/C15H22N4O2/c1-21-12-13(20)18-10-5-15(6-11-18)4-2-9-19(15)14-16-7-3-8-17-14/h3,7-8H,2,4-6,9-12H2,1H3. The second kappa shape index (κ2) is 5.97. The van der Waals surface area contributed by atoms with Crippen molar-refractivity contribution < 1.29 is 9.53 Å². The van der Waals surface area contributed by atoms with Crippen LogP contribution in [0.3, 0.4) is 0 Å². The van der Waals surface area contributed by atoms with Crippen LogP contribution in [-0.4, -0.2) is 59.7 Å². The Balaban J connectivity index is 1.70. The second-order valence-electron chi connectivity index (χ2n) is 5.84. The van der Waals surface area contributed by atoms with Gasteiger partial charge in [0.2, 0.25) is 11.9 Å². The summed E-state index contributed by atoms with van der Waals surface area (Å²) in [5.41, 5.74) is 0.130. The number of hydrogen-bond acceptors (Lipinski definition) is 5. The molecule has 3 rings (SSSR count). The first kappa shape index (κ1) is 14.3. The first-order valence-electron chi connectivity index (χ1n) is 7.57. The molecule has 2 fully saturated rings. The van der Waals surface area contributed by atoms with Gasteiger partial charge in [0.25, 0.3) is 0 Å². The maximum Gasteiger partial charge on any atom is 0.248 e. The number of ether oxygens (including phenoxy) is 1. The smallest absolute Gasteiger partial charge is 0.248 e. The number of rotatable bonds is 3. The molecule has 1 aromatic rings. The van der Waals surface area contributed by atoms with E-state index >= 15 is 0 Å². The van der Waals surface area contributed by atoms with Gasteiger partial charge in [-0.3, -0.25) is 4.79 Å². The molecule has 1 spiro atoms. The molecular formula is C15H22N4O2. The summed E-state index contributed by atoms with van der Waals surface area (Å²) in [6.07, 6.45) is 7.90. The Bertz CT molecular complexity index is 486. The quantitative estimate of drug-likeness (QED) is 0.834. The van der Waals surface area contributed by atoms with Crippen LogP contribution < -0.4 is 4.90 Å². The fraction of sp³-hybridized carbons (Fsp3) is 0.667. The van der Waals surface area contributed by atoms with Crippen LogP contribution >= 0.6 is 0 Å². The highest BCUT2D eigenvalue weighted by Gasteiger charge is 2.44. The first-order valence-corrected chi connectivity index (χ1v) is 7.57. The Morgan fingerprint density at radius 3 is 2.62 bits per heavy atom. The highest BCUT2D eigenvalue weighted by molar-refractivity contribution is 5.77. The SMILES string of the molecule is COCC(=O)N1CCC2(CCCN2c2ncccn2)CC1. The number of methoxy groups -OCH3 is 1. The monoisotopic (exact) mass is 290 g/mol. The molecule has 6 heteroatoms. The molecular weight excluding hydrogens is 268 g/mol. The molecule has 0 aromatic carbocycles. The van der Waals surface area contributed by atoms with Gasteiger partial charge in [0.15, 0.2) is 0 Å². The van der Waals surface area contributed by atoms with Crippen LogP contribution in [0, 0.1) is 0 Å². The predicted molar refractivity (Wildman–Crippen MR) is 79.0 cm³/mol. The number of piperidine rings is 1. The van der Waals surface area contributed by atoms with Crippen LogP contribution in [0.15, 0.2) is 18.5 Å². The molecule has 1 amide bonds. The van der Waals surface area contributed by atoms with Crippen molar-refractivity contribution in [3.05, 3.63) is 18.5 Å². The normalized spacial score (nSPS) is 21.0. The molecule has 2 aliphatic heterocycles. The highest BCUT2D eigenvalue weighted by Crippen LogP contribution is 2.40. The van der Waals surface area contributed by atoms with E-state index in [0.29, 0.717) is 0 Å². The summed E-state index contributed by atoms with van der Waals surface area (Å²) in [7, 11) is 1.56. The van der Waals surface area contributed by atoms with Crippen molar-refractivity contribution in [3.63, 3.8) is 0 Å². The molecule has 6 nitrogen and oxygen atoms in total. The third kappa shape index (κ3) is 2.72. The molecule has 0 aliphatic carbocycles. The van der Waals surface area contributed by atoms with E-state index in [1.54, 1.807) is 19.5 Å². The van der Waals surface area contributed by atoms with Crippen molar-refractivity contribution in [1.82, 2.24) is 14.9 Å². The molecule has 3 heterocycles. The second-order valence-corrected chi connectivity index (χ2v) is 5.84. The van der Waals surface area contributed by atoms with Crippen LogP contribution in [0.25, 0.3) is 0 Å². The average Bonchev–Trinajstić information content (AvgIpc) is 2.92. The summed E-state index contributed by atoms with van der Waals surface area (Å²) >= 11 is 0. The van der Waals surface area contributed by atoms with E-state index in [1.807, 2.05) is 11.0 Å². The maximum atomic E-state index is 11.9. The summed E-state index contributed by atoms with van der Waals surface area (Å²) < 4.78 is 4.94. The molecule has 0 bridgehead atoms. The van der Waals surface area contributed by atoms with Crippen LogP contribution in [0.5, 0.6) is 0 Å². The van der Waals surface area contributed by atoms with Gasteiger partial charge < -0.3 is 14.5 Å². The number of hydrogen-bond donors (Lipinski definition) is 0.